The van der Waals surface area contributed by atoms with Gasteiger partial charge in [0.05, 0.1) is 22.6 Å². The van der Waals surface area contributed by atoms with E-state index in [1.54, 1.807) is 6.07 Å². The van der Waals surface area contributed by atoms with Crippen molar-refractivity contribution in [3.63, 3.8) is 0 Å². The lowest BCUT2D eigenvalue weighted by Crippen LogP contribution is -2.54. The van der Waals surface area contributed by atoms with Crippen molar-refractivity contribution in [2.45, 2.75) is 39.8 Å². The van der Waals surface area contributed by atoms with E-state index in [1.165, 1.54) is 0 Å². The zero-order chi connectivity index (χ0) is 21.0. The second-order valence-electron chi connectivity index (χ2n) is 8.21. The summed E-state index contributed by atoms with van der Waals surface area (Å²) in [5.41, 5.74) is 3.32. The Labute approximate surface area is 173 Å². The average molecular weight is 404 g/mol. The van der Waals surface area contributed by atoms with Crippen LogP contribution < -0.4 is 15.8 Å². The van der Waals surface area contributed by atoms with Gasteiger partial charge in [-0.3, -0.25) is 4.98 Å². The van der Waals surface area contributed by atoms with Crippen LogP contribution in [0.2, 0.25) is 0 Å². The van der Waals surface area contributed by atoms with Gasteiger partial charge in [0.15, 0.2) is 5.65 Å². The molecule has 5 heterocycles. The van der Waals surface area contributed by atoms with Gasteiger partial charge in [0.25, 0.3) is 0 Å². The van der Waals surface area contributed by atoms with E-state index in [4.69, 9.17) is 4.42 Å². The van der Waals surface area contributed by atoms with Gasteiger partial charge in [-0.15, -0.1) is 0 Å². The molecule has 1 N–H and O–H groups in total. The summed E-state index contributed by atoms with van der Waals surface area (Å²) in [6.45, 7) is 9.87. The number of rotatable bonds is 2. The molecule has 1 fully saturated rings. The summed E-state index contributed by atoms with van der Waals surface area (Å²) in [4.78, 5) is 28.7. The zero-order valence-corrected chi connectivity index (χ0v) is 17.5. The standard InChI is InChI=1S/C22H24N6O2/c1-12-8-27(9-13(2)23-12)19-6-5-16-7-17(22(29)30-21(16)26-19)18-11-28-10-14(3)24-15(4)20(28)25-18/h5-7,10-13,23H,8-9H2,1-4H3. The van der Waals surface area contributed by atoms with Gasteiger partial charge in [-0.25, -0.2) is 9.78 Å². The molecule has 1 saturated heterocycles. The van der Waals surface area contributed by atoms with Gasteiger partial charge in [0, 0.05) is 43.0 Å². The minimum Gasteiger partial charge on any atom is -0.403 e. The number of nitrogens with zero attached hydrogens (tertiary/aromatic N) is 5. The van der Waals surface area contributed by atoms with E-state index in [9.17, 15) is 4.79 Å². The third kappa shape index (κ3) is 3.23. The van der Waals surface area contributed by atoms with E-state index < -0.39 is 5.63 Å². The molecule has 0 saturated carbocycles. The topological polar surface area (TPSA) is 88.6 Å². The predicted molar refractivity (Wildman–Crippen MR) is 116 cm³/mol. The Balaban J connectivity index is 1.56. The fourth-order valence-corrected chi connectivity index (χ4v) is 4.29. The third-order valence-electron chi connectivity index (χ3n) is 5.47. The Hall–Kier alpha value is -3.26. The third-order valence-corrected chi connectivity index (χ3v) is 5.47. The van der Waals surface area contributed by atoms with Crippen molar-refractivity contribution in [1.82, 2.24) is 24.7 Å². The largest absolute Gasteiger partial charge is 0.403 e. The lowest BCUT2D eigenvalue weighted by molar-refractivity contribution is 0.405. The second kappa shape index (κ2) is 6.91. The van der Waals surface area contributed by atoms with Crippen molar-refractivity contribution in [2.24, 2.45) is 0 Å². The van der Waals surface area contributed by atoms with Crippen LogP contribution in [0.4, 0.5) is 5.82 Å². The number of fused-ring (bicyclic) bond motifs is 2. The Morgan fingerprint density at radius 3 is 2.60 bits per heavy atom. The van der Waals surface area contributed by atoms with Crippen LogP contribution in [0, 0.1) is 13.8 Å². The van der Waals surface area contributed by atoms with Crippen molar-refractivity contribution in [3.8, 4) is 11.3 Å². The maximum absolute atomic E-state index is 12.8. The second-order valence-corrected chi connectivity index (χ2v) is 8.21. The Bertz CT molecular complexity index is 1310. The average Bonchev–Trinajstić information content (AvgIpc) is 3.10. The van der Waals surface area contributed by atoms with Crippen LogP contribution in [-0.4, -0.2) is 44.5 Å². The minimum absolute atomic E-state index is 0.345. The van der Waals surface area contributed by atoms with Crippen LogP contribution in [-0.2, 0) is 0 Å². The smallest absolute Gasteiger partial charge is 0.347 e. The monoisotopic (exact) mass is 404 g/mol. The molecule has 1 aliphatic rings. The number of aromatic nitrogens is 4. The molecule has 30 heavy (non-hydrogen) atoms. The first-order valence-corrected chi connectivity index (χ1v) is 10.2. The van der Waals surface area contributed by atoms with Crippen LogP contribution >= 0.6 is 0 Å². The molecule has 4 aromatic rings. The van der Waals surface area contributed by atoms with E-state index >= 15 is 0 Å². The Morgan fingerprint density at radius 2 is 1.83 bits per heavy atom. The summed E-state index contributed by atoms with van der Waals surface area (Å²) in [6.07, 6.45) is 3.73. The Morgan fingerprint density at radius 1 is 1.07 bits per heavy atom. The highest BCUT2D eigenvalue weighted by Crippen LogP contribution is 2.24. The van der Waals surface area contributed by atoms with Gasteiger partial charge in [0.2, 0.25) is 5.71 Å². The number of pyridine rings is 1. The molecule has 1 aliphatic heterocycles. The van der Waals surface area contributed by atoms with Crippen molar-refractivity contribution < 1.29 is 4.42 Å². The fraction of sp³-hybridized carbons (Fsp3) is 0.364. The molecule has 4 aromatic heterocycles. The molecule has 0 amide bonds. The van der Waals surface area contributed by atoms with E-state index in [2.05, 4.69) is 39.0 Å². The first-order chi connectivity index (χ1) is 14.4. The molecular formula is C22H24N6O2. The van der Waals surface area contributed by atoms with Crippen LogP contribution in [0.3, 0.4) is 0 Å². The van der Waals surface area contributed by atoms with Gasteiger partial charge < -0.3 is 19.0 Å². The summed E-state index contributed by atoms with van der Waals surface area (Å²) in [6, 6.07) is 6.49. The van der Waals surface area contributed by atoms with Crippen molar-refractivity contribution in [2.75, 3.05) is 18.0 Å². The Kier molecular flexibility index (Phi) is 4.32. The van der Waals surface area contributed by atoms with E-state index in [0.717, 1.165) is 41.3 Å². The molecule has 8 nitrogen and oxygen atoms in total. The SMILES string of the molecule is Cc1cn2cc(-c3cc4ccc(N5CC(C)NC(C)C5)nc4oc3=O)nc2c(C)n1. The van der Waals surface area contributed by atoms with Crippen LogP contribution in [0.5, 0.6) is 0 Å². The molecule has 0 aromatic carbocycles. The maximum Gasteiger partial charge on any atom is 0.347 e. The van der Waals surface area contributed by atoms with E-state index in [1.807, 2.05) is 42.8 Å². The fourth-order valence-electron chi connectivity index (χ4n) is 4.29. The number of piperazine rings is 1. The molecule has 2 unspecified atom stereocenters. The van der Waals surface area contributed by atoms with E-state index in [0.29, 0.717) is 29.1 Å². The van der Waals surface area contributed by atoms with Crippen LogP contribution in [0.1, 0.15) is 25.2 Å². The van der Waals surface area contributed by atoms with Crippen molar-refractivity contribution in [1.29, 1.82) is 0 Å². The number of hydrogen-bond donors (Lipinski definition) is 1. The number of hydrogen-bond acceptors (Lipinski definition) is 7. The number of imidazole rings is 1. The summed E-state index contributed by atoms with van der Waals surface area (Å²) in [7, 11) is 0. The molecule has 154 valence electrons. The molecule has 0 spiro atoms. The van der Waals surface area contributed by atoms with Crippen molar-refractivity contribution in [3.05, 3.63) is 52.4 Å². The zero-order valence-electron chi connectivity index (χ0n) is 17.5. The van der Waals surface area contributed by atoms with Gasteiger partial charge in [-0.1, -0.05) is 0 Å². The predicted octanol–water partition coefficient (Wildman–Crippen LogP) is 2.70. The lowest BCUT2D eigenvalue weighted by atomic mass is 10.1. The molecule has 0 radical (unpaired) electrons. The highest BCUT2D eigenvalue weighted by atomic mass is 16.4. The highest BCUT2D eigenvalue weighted by Gasteiger charge is 2.22. The summed E-state index contributed by atoms with van der Waals surface area (Å²) in [5.74, 6) is 0.823. The summed E-state index contributed by atoms with van der Waals surface area (Å²) >= 11 is 0. The lowest BCUT2D eigenvalue weighted by Gasteiger charge is -2.36. The summed E-state index contributed by atoms with van der Waals surface area (Å²) < 4.78 is 7.50. The van der Waals surface area contributed by atoms with Gasteiger partial charge in [-0.05, 0) is 45.9 Å². The highest BCUT2D eigenvalue weighted by molar-refractivity contribution is 5.80. The first-order valence-electron chi connectivity index (χ1n) is 10.2. The first kappa shape index (κ1) is 18.7. The molecule has 0 bridgehead atoms. The summed E-state index contributed by atoms with van der Waals surface area (Å²) in [5, 5.41) is 4.28. The van der Waals surface area contributed by atoms with Crippen LogP contribution in [0.25, 0.3) is 28.0 Å². The molecule has 5 rings (SSSR count). The maximum atomic E-state index is 12.8. The minimum atomic E-state index is -0.445. The molecule has 8 heteroatoms. The molecule has 0 aliphatic carbocycles. The van der Waals surface area contributed by atoms with Crippen molar-refractivity contribution >= 4 is 22.6 Å². The number of anilines is 1. The normalized spacial score (nSPS) is 19.7. The van der Waals surface area contributed by atoms with Crippen LogP contribution in [0.15, 0.2) is 39.8 Å². The van der Waals surface area contributed by atoms with Gasteiger partial charge in [0.1, 0.15) is 5.82 Å². The molecular weight excluding hydrogens is 380 g/mol. The van der Waals surface area contributed by atoms with Gasteiger partial charge in [-0.2, -0.15) is 4.98 Å². The number of aryl methyl sites for hydroxylation is 2. The quantitative estimate of drug-likeness (QED) is 0.549. The van der Waals surface area contributed by atoms with E-state index in [-0.39, 0.29) is 0 Å². The number of nitrogens with one attached hydrogen (secondary N) is 1. The molecule has 2 atom stereocenters. The van der Waals surface area contributed by atoms with Gasteiger partial charge >= 0.3 is 5.63 Å².